The third-order valence-corrected chi connectivity index (χ3v) is 7.30. The van der Waals surface area contributed by atoms with Crippen molar-refractivity contribution in [3.63, 3.8) is 0 Å². The second-order valence-corrected chi connectivity index (χ2v) is 9.06. The summed E-state index contributed by atoms with van der Waals surface area (Å²) in [5.74, 6) is 0.920. The fourth-order valence-electron chi connectivity index (χ4n) is 3.57. The first-order chi connectivity index (χ1) is 13.5. The number of pyridine rings is 1. The highest BCUT2D eigenvalue weighted by atomic mass is 35.5. The first-order valence-electron chi connectivity index (χ1n) is 9.54. The summed E-state index contributed by atoms with van der Waals surface area (Å²) in [7, 11) is 0. The molecule has 5 nitrogen and oxygen atoms in total. The zero-order valence-corrected chi connectivity index (χ0v) is 17.6. The highest BCUT2D eigenvalue weighted by molar-refractivity contribution is 7.99. The highest BCUT2D eigenvalue weighted by Crippen LogP contribution is 2.37. The third kappa shape index (κ3) is 3.76. The van der Waals surface area contributed by atoms with Gasteiger partial charge in [0.25, 0.3) is 5.56 Å². The molecule has 0 amide bonds. The maximum Gasteiger partial charge on any atom is 0.257 e. The van der Waals surface area contributed by atoms with Crippen LogP contribution in [0.3, 0.4) is 0 Å². The van der Waals surface area contributed by atoms with Crippen LogP contribution in [-0.4, -0.2) is 28.0 Å². The first-order valence-corrected chi connectivity index (χ1v) is 10.7. The fraction of sp³-hybridized carbons (Fsp3) is 0.381. The topological polar surface area (TPSA) is 61.9 Å². The van der Waals surface area contributed by atoms with Crippen molar-refractivity contribution < 1.29 is 0 Å². The predicted octanol–water partition coefficient (Wildman–Crippen LogP) is 5.14. The summed E-state index contributed by atoms with van der Waals surface area (Å²) in [6, 6.07) is 5.66. The SMILES string of the molecule is CCC1(C)CCN(c2cnc(Sc3ccc4cc[nH]c(=O)c4c3Cl)cn2)CC1. The van der Waals surface area contributed by atoms with E-state index in [1.807, 2.05) is 24.4 Å². The maximum absolute atomic E-state index is 12.1. The Morgan fingerprint density at radius 2 is 2.00 bits per heavy atom. The van der Waals surface area contributed by atoms with Crippen LogP contribution in [0.1, 0.15) is 33.1 Å². The molecule has 2 aromatic heterocycles. The van der Waals surface area contributed by atoms with Crippen molar-refractivity contribution in [2.24, 2.45) is 5.41 Å². The van der Waals surface area contributed by atoms with Crippen LogP contribution in [0.4, 0.5) is 5.82 Å². The number of fused-ring (bicyclic) bond motifs is 1. The molecular weight excluding hydrogens is 392 g/mol. The smallest absolute Gasteiger partial charge is 0.257 e. The van der Waals surface area contributed by atoms with Gasteiger partial charge < -0.3 is 9.88 Å². The molecule has 28 heavy (non-hydrogen) atoms. The van der Waals surface area contributed by atoms with Crippen molar-refractivity contribution in [1.82, 2.24) is 15.0 Å². The number of hydrogen-bond donors (Lipinski definition) is 1. The number of aromatic nitrogens is 3. The highest BCUT2D eigenvalue weighted by Gasteiger charge is 2.28. The lowest BCUT2D eigenvalue weighted by atomic mass is 9.78. The van der Waals surface area contributed by atoms with E-state index >= 15 is 0 Å². The molecule has 0 aliphatic carbocycles. The molecule has 3 aromatic rings. The van der Waals surface area contributed by atoms with E-state index in [2.05, 4.69) is 33.7 Å². The molecular formula is C21H23ClN4OS. The fourth-order valence-corrected chi connectivity index (χ4v) is 4.70. The molecule has 0 bridgehead atoms. The summed E-state index contributed by atoms with van der Waals surface area (Å²) >= 11 is 7.91. The van der Waals surface area contributed by atoms with E-state index in [4.69, 9.17) is 11.6 Å². The molecule has 1 aliphatic heterocycles. The van der Waals surface area contributed by atoms with Gasteiger partial charge in [-0.2, -0.15) is 0 Å². The molecule has 146 valence electrons. The van der Waals surface area contributed by atoms with Crippen molar-refractivity contribution in [1.29, 1.82) is 0 Å². The van der Waals surface area contributed by atoms with Gasteiger partial charge in [-0.1, -0.05) is 49.7 Å². The molecule has 1 saturated heterocycles. The number of nitrogens with zero attached hydrogens (tertiary/aromatic N) is 3. The lowest BCUT2D eigenvalue weighted by Gasteiger charge is -2.39. The zero-order valence-electron chi connectivity index (χ0n) is 16.0. The minimum atomic E-state index is -0.185. The monoisotopic (exact) mass is 414 g/mol. The van der Waals surface area contributed by atoms with E-state index < -0.39 is 0 Å². The van der Waals surface area contributed by atoms with Crippen LogP contribution >= 0.6 is 23.4 Å². The van der Waals surface area contributed by atoms with Gasteiger partial charge in [-0.15, -0.1) is 0 Å². The lowest BCUT2D eigenvalue weighted by molar-refractivity contribution is 0.237. The normalized spacial score (nSPS) is 16.5. The summed E-state index contributed by atoms with van der Waals surface area (Å²) in [5, 5.41) is 2.53. The Balaban J connectivity index is 1.51. The van der Waals surface area contributed by atoms with Gasteiger partial charge in [0.2, 0.25) is 0 Å². The summed E-state index contributed by atoms with van der Waals surface area (Å²) in [6.07, 6.45) is 8.83. The molecule has 1 aromatic carbocycles. The molecule has 0 radical (unpaired) electrons. The van der Waals surface area contributed by atoms with Crippen molar-refractivity contribution in [2.75, 3.05) is 18.0 Å². The van der Waals surface area contributed by atoms with Crippen LogP contribution in [0, 0.1) is 5.41 Å². The summed E-state index contributed by atoms with van der Waals surface area (Å²) in [4.78, 5) is 27.1. The Labute approximate surface area is 173 Å². The molecule has 3 heterocycles. The third-order valence-electron chi connectivity index (χ3n) is 5.82. The van der Waals surface area contributed by atoms with E-state index in [0.717, 1.165) is 34.2 Å². The average molecular weight is 415 g/mol. The van der Waals surface area contributed by atoms with Gasteiger partial charge in [0.15, 0.2) is 0 Å². The van der Waals surface area contributed by atoms with Gasteiger partial charge in [-0.05, 0) is 35.8 Å². The summed E-state index contributed by atoms with van der Waals surface area (Å²) < 4.78 is 0. The van der Waals surface area contributed by atoms with Crippen LogP contribution in [0.15, 0.2) is 51.5 Å². The first kappa shape index (κ1) is 19.3. The van der Waals surface area contributed by atoms with Crippen LogP contribution in [0.2, 0.25) is 5.02 Å². The Morgan fingerprint density at radius 3 is 2.68 bits per heavy atom. The van der Waals surface area contributed by atoms with Crippen molar-refractivity contribution in [2.45, 2.75) is 43.0 Å². The second-order valence-electron chi connectivity index (χ2n) is 7.61. The summed E-state index contributed by atoms with van der Waals surface area (Å²) in [6.45, 7) is 6.68. The van der Waals surface area contributed by atoms with Crippen LogP contribution in [-0.2, 0) is 0 Å². The molecule has 1 fully saturated rings. The second kappa shape index (κ2) is 7.76. The molecule has 4 rings (SSSR count). The van der Waals surface area contributed by atoms with Crippen LogP contribution < -0.4 is 10.5 Å². The van der Waals surface area contributed by atoms with E-state index in [0.29, 0.717) is 15.8 Å². The Morgan fingerprint density at radius 1 is 1.21 bits per heavy atom. The summed E-state index contributed by atoms with van der Waals surface area (Å²) in [5.41, 5.74) is 0.264. The number of benzene rings is 1. The minimum Gasteiger partial charge on any atom is -0.355 e. The number of hydrogen-bond acceptors (Lipinski definition) is 5. The predicted molar refractivity (Wildman–Crippen MR) is 116 cm³/mol. The molecule has 1 N–H and O–H groups in total. The van der Waals surface area contributed by atoms with Crippen LogP contribution in [0.25, 0.3) is 10.8 Å². The quantitative estimate of drug-likeness (QED) is 0.640. The van der Waals surface area contributed by atoms with Gasteiger partial charge in [-0.3, -0.25) is 4.79 Å². The van der Waals surface area contributed by atoms with Gasteiger partial charge in [0.1, 0.15) is 10.8 Å². The number of nitrogens with one attached hydrogen (secondary N) is 1. The van der Waals surface area contributed by atoms with Crippen molar-refractivity contribution >= 4 is 40.0 Å². The minimum absolute atomic E-state index is 0.185. The van der Waals surface area contributed by atoms with E-state index in [1.165, 1.54) is 31.0 Å². The molecule has 0 atom stereocenters. The van der Waals surface area contributed by atoms with Crippen molar-refractivity contribution in [3.05, 3.63) is 52.2 Å². The maximum atomic E-state index is 12.1. The Kier molecular flexibility index (Phi) is 5.34. The van der Waals surface area contributed by atoms with Crippen molar-refractivity contribution in [3.8, 4) is 0 Å². The van der Waals surface area contributed by atoms with Gasteiger partial charge in [0, 0.05) is 24.2 Å². The Hall–Kier alpha value is -2.05. The number of piperidine rings is 1. The number of halogens is 1. The average Bonchev–Trinajstić information content (AvgIpc) is 2.71. The molecule has 0 spiro atoms. The molecule has 1 aliphatic rings. The molecule has 0 saturated carbocycles. The number of aromatic amines is 1. The van der Waals surface area contributed by atoms with Crippen LogP contribution in [0.5, 0.6) is 0 Å². The zero-order chi connectivity index (χ0) is 19.7. The molecule has 0 unspecified atom stereocenters. The van der Waals surface area contributed by atoms with Gasteiger partial charge >= 0.3 is 0 Å². The van der Waals surface area contributed by atoms with Gasteiger partial charge in [0.05, 0.1) is 22.8 Å². The number of H-pyrrole nitrogens is 1. The van der Waals surface area contributed by atoms with E-state index in [1.54, 1.807) is 12.4 Å². The molecule has 7 heteroatoms. The largest absolute Gasteiger partial charge is 0.355 e. The lowest BCUT2D eigenvalue weighted by Crippen LogP contribution is -2.38. The standard InChI is InChI=1S/C21H23ClN4OS/c1-3-21(2)7-10-26(11-8-21)16-12-25-17(13-24-16)28-15-5-4-14-6-9-23-20(27)18(14)19(15)22/h4-6,9,12-13H,3,7-8,10-11H2,1-2H3,(H,23,27). The van der Waals surface area contributed by atoms with Gasteiger partial charge in [-0.25, -0.2) is 9.97 Å². The Bertz CT molecular complexity index is 1040. The van der Waals surface area contributed by atoms with E-state index in [-0.39, 0.29) is 5.56 Å². The number of rotatable bonds is 4. The number of anilines is 1. The van der Waals surface area contributed by atoms with E-state index in [9.17, 15) is 4.79 Å².